The zero-order valence-corrected chi connectivity index (χ0v) is 13.3. The maximum Gasteiger partial charge on any atom is 0.124 e. The molecule has 3 nitrogen and oxygen atoms in total. The van der Waals surface area contributed by atoms with Crippen LogP contribution in [0.4, 0.5) is 10.1 Å². The predicted octanol–water partition coefficient (Wildman–Crippen LogP) is 4.23. The number of benzene rings is 2. The smallest absolute Gasteiger partial charge is 0.124 e. The molecule has 0 aliphatic rings. The summed E-state index contributed by atoms with van der Waals surface area (Å²) in [6.45, 7) is 0.700. The minimum Gasteiger partial charge on any atom is -0.380 e. The number of hydrogen-bond acceptors (Lipinski definition) is 2. The Kier molecular flexibility index (Phi) is 4.19. The summed E-state index contributed by atoms with van der Waals surface area (Å²) < 4.78 is 15.9. The maximum absolute atomic E-state index is 13.0. The normalized spacial score (nSPS) is 10.6. The van der Waals surface area contributed by atoms with E-state index in [4.69, 9.17) is 0 Å². The number of aromatic nitrogens is 2. The molecule has 21 heavy (non-hydrogen) atoms. The molecule has 0 bridgehead atoms. The van der Waals surface area contributed by atoms with Crippen LogP contribution in [-0.2, 0) is 6.54 Å². The number of imidazole rings is 1. The molecule has 2 aromatic carbocycles. The maximum atomic E-state index is 13.0. The van der Waals surface area contributed by atoms with Crippen LogP contribution in [0.2, 0.25) is 0 Å². The summed E-state index contributed by atoms with van der Waals surface area (Å²) in [5.74, 6) is -0.213. The fourth-order valence-electron chi connectivity index (χ4n) is 2.03. The van der Waals surface area contributed by atoms with Gasteiger partial charge in [0.05, 0.1) is 6.33 Å². The fourth-order valence-corrected chi connectivity index (χ4v) is 2.70. The molecule has 0 saturated heterocycles. The first-order valence-corrected chi connectivity index (χ1v) is 7.56. The lowest BCUT2D eigenvalue weighted by atomic mass is 10.2. The molecule has 1 N–H and O–H groups in total. The Hall–Kier alpha value is -1.89. The third-order valence-corrected chi connectivity index (χ3v) is 4.05. The highest BCUT2D eigenvalue weighted by molar-refractivity contribution is 14.1. The number of rotatable bonds is 4. The standard InChI is InChI=1S/C16H13FIN3/c17-13-3-6-16(15(18)9-13)20-10-12-1-4-14(5-2-12)21-8-7-19-11-21/h1-9,11,20H,10H2. The summed E-state index contributed by atoms with van der Waals surface area (Å²) in [5, 5.41) is 3.32. The zero-order chi connectivity index (χ0) is 14.7. The summed E-state index contributed by atoms with van der Waals surface area (Å²) in [6, 6.07) is 13.0. The second kappa shape index (κ2) is 6.26. The molecule has 1 aromatic heterocycles. The number of nitrogens with one attached hydrogen (secondary N) is 1. The van der Waals surface area contributed by atoms with Crippen molar-refractivity contribution in [3.63, 3.8) is 0 Å². The van der Waals surface area contributed by atoms with Gasteiger partial charge in [0.25, 0.3) is 0 Å². The summed E-state index contributed by atoms with van der Waals surface area (Å²) in [7, 11) is 0. The third kappa shape index (κ3) is 3.41. The Balaban J connectivity index is 1.68. The van der Waals surface area contributed by atoms with Crippen LogP contribution in [0.3, 0.4) is 0 Å². The van der Waals surface area contributed by atoms with E-state index >= 15 is 0 Å². The molecule has 0 aliphatic heterocycles. The van der Waals surface area contributed by atoms with E-state index in [-0.39, 0.29) is 5.82 Å². The third-order valence-electron chi connectivity index (χ3n) is 3.15. The number of hydrogen-bond donors (Lipinski definition) is 1. The Morgan fingerprint density at radius 1 is 1.14 bits per heavy atom. The van der Waals surface area contributed by atoms with Gasteiger partial charge in [-0.05, 0) is 58.5 Å². The van der Waals surface area contributed by atoms with Gasteiger partial charge in [-0.15, -0.1) is 0 Å². The minimum absolute atomic E-state index is 0.213. The first-order valence-electron chi connectivity index (χ1n) is 6.48. The number of nitrogens with zero attached hydrogens (tertiary/aromatic N) is 2. The van der Waals surface area contributed by atoms with Gasteiger partial charge in [-0.3, -0.25) is 0 Å². The molecule has 0 unspecified atom stereocenters. The van der Waals surface area contributed by atoms with Crippen molar-refractivity contribution in [3.05, 3.63) is 76.1 Å². The molecule has 5 heteroatoms. The summed E-state index contributed by atoms with van der Waals surface area (Å²) in [6.07, 6.45) is 5.44. The van der Waals surface area contributed by atoms with Gasteiger partial charge in [0, 0.05) is 33.9 Å². The van der Waals surface area contributed by atoms with E-state index in [0.717, 1.165) is 14.9 Å². The molecule has 3 rings (SSSR count). The van der Waals surface area contributed by atoms with Crippen LogP contribution < -0.4 is 5.32 Å². The summed E-state index contributed by atoms with van der Waals surface area (Å²) >= 11 is 2.13. The Morgan fingerprint density at radius 3 is 2.62 bits per heavy atom. The molecule has 0 fully saturated rings. The molecule has 0 aliphatic carbocycles. The van der Waals surface area contributed by atoms with Gasteiger partial charge in [-0.1, -0.05) is 12.1 Å². The number of anilines is 1. The largest absolute Gasteiger partial charge is 0.380 e. The lowest BCUT2D eigenvalue weighted by Crippen LogP contribution is -2.01. The molecular weight excluding hydrogens is 380 g/mol. The SMILES string of the molecule is Fc1ccc(NCc2ccc(-n3ccnc3)cc2)c(I)c1. The van der Waals surface area contributed by atoms with E-state index in [1.165, 1.54) is 17.7 Å². The van der Waals surface area contributed by atoms with Crippen molar-refractivity contribution in [2.75, 3.05) is 5.32 Å². The van der Waals surface area contributed by atoms with E-state index in [0.29, 0.717) is 6.54 Å². The quantitative estimate of drug-likeness (QED) is 0.673. The Bertz CT molecular complexity index is 724. The first kappa shape index (κ1) is 14.1. The van der Waals surface area contributed by atoms with Gasteiger partial charge in [0.1, 0.15) is 5.82 Å². The zero-order valence-electron chi connectivity index (χ0n) is 11.1. The van der Waals surface area contributed by atoms with Crippen molar-refractivity contribution in [1.82, 2.24) is 9.55 Å². The molecule has 0 atom stereocenters. The average molecular weight is 393 g/mol. The lowest BCUT2D eigenvalue weighted by molar-refractivity contribution is 0.627. The highest BCUT2D eigenvalue weighted by Gasteiger charge is 2.02. The van der Waals surface area contributed by atoms with E-state index in [9.17, 15) is 4.39 Å². The van der Waals surface area contributed by atoms with Crippen molar-refractivity contribution in [2.24, 2.45) is 0 Å². The molecule has 3 aromatic rings. The molecule has 0 saturated carbocycles. The van der Waals surface area contributed by atoms with Crippen LogP contribution in [0, 0.1) is 9.39 Å². The van der Waals surface area contributed by atoms with Crippen LogP contribution in [0.25, 0.3) is 5.69 Å². The van der Waals surface area contributed by atoms with Crippen molar-refractivity contribution >= 4 is 28.3 Å². The predicted molar refractivity (Wildman–Crippen MR) is 90.0 cm³/mol. The topological polar surface area (TPSA) is 29.9 Å². The minimum atomic E-state index is -0.213. The molecular formula is C16H13FIN3. The molecule has 0 amide bonds. The van der Waals surface area contributed by atoms with Gasteiger partial charge < -0.3 is 9.88 Å². The fraction of sp³-hybridized carbons (Fsp3) is 0.0625. The van der Waals surface area contributed by atoms with Gasteiger partial charge in [0.15, 0.2) is 0 Å². The summed E-state index contributed by atoms with van der Waals surface area (Å²) in [5.41, 5.74) is 3.18. The van der Waals surface area contributed by atoms with Gasteiger partial charge >= 0.3 is 0 Å². The van der Waals surface area contributed by atoms with Gasteiger partial charge in [-0.2, -0.15) is 0 Å². The first-order chi connectivity index (χ1) is 10.2. The van der Waals surface area contributed by atoms with E-state index in [1.54, 1.807) is 18.6 Å². The van der Waals surface area contributed by atoms with Gasteiger partial charge in [-0.25, -0.2) is 9.37 Å². The highest BCUT2D eigenvalue weighted by Crippen LogP contribution is 2.20. The van der Waals surface area contributed by atoms with Crippen molar-refractivity contribution in [3.8, 4) is 5.69 Å². The highest BCUT2D eigenvalue weighted by atomic mass is 127. The van der Waals surface area contributed by atoms with E-state index < -0.39 is 0 Å². The van der Waals surface area contributed by atoms with E-state index in [2.05, 4.69) is 45.0 Å². The van der Waals surface area contributed by atoms with Crippen LogP contribution in [-0.4, -0.2) is 9.55 Å². The van der Waals surface area contributed by atoms with Crippen LogP contribution in [0.15, 0.2) is 61.2 Å². The Labute approximate surface area is 136 Å². The van der Waals surface area contributed by atoms with Crippen molar-refractivity contribution in [1.29, 1.82) is 0 Å². The van der Waals surface area contributed by atoms with Gasteiger partial charge in [0.2, 0.25) is 0 Å². The van der Waals surface area contributed by atoms with Crippen molar-refractivity contribution < 1.29 is 4.39 Å². The monoisotopic (exact) mass is 393 g/mol. The molecule has 1 heterocycles. The van der Waals surface area contributed by atoms with Crippen molar-refractivity contribution in [2.45, 2.75) is 6.54 Å². The molecule has 0 spiro atoms. The second-order valence-electron chi connectivity index (χ2n) is 4.61. The van der Waals surface area contributed by atoms with E-state index in [1.807, 2.05) is 22.9 Å². The Morgan fingerprint density at radius 2 is 1.95 bits per heavy atom. The number of halogens is 2. The van der Waals surface area contributed by atoms with Crippen LogP contribution >= 0.6 is 22.6 Å². The van der Waals surface area contributed by atoms with Crippen LogP contribution in [0.5, 0.6) is 0 Å². The second-order valence-corrected chi connectivity index (χ2v) is 5.78. The van der Waals surface area contributed by atoms with Crippen LogP contribution in [0.1, 0.15) is 5.56 Å². The lowest BCUT2D eigenvalue weighted by Gasteiger charge is -2.09. The summed E-state index contributed by atoms with van der Waals surface area (Å²) in [4.78, 5) is 4.03. The molecule has 106 valence electrons. The average Bonchev–Trinajstić information content (AvgIpc) is 3.01. The molecule has 0 radical (unpaired) electrons.